The highest BCUT2D eigenvalue weighted by Gasteiger charge is 2.22. The number of likely N-dealkylation sites (N-methyl/N-ethyl adjacent to an activating group) is 1. The molecule has 0 radical (unpaired) electrons. The third-order valence-electron chi connectivity index (χ3n) is 3.23. The summed E-state index contributed by atoms with van der Waals surface area (Å²) in [5.74, 6) is -0.113. The van der Waals surface area contributed by atoms with Crippen molar-refractivity contribution in [3.8, 4) is 6.07 Å². The third-order valence-corrected chi connectivity index (χ3v) is 3.23. The molecule has 0 fully saturated rings. The van der Waals surface area contributed by atoms with Gasteiger partial charge in [0.2, 0.25) is 5.91 Å². The molecule has 0 saturated carbocycles. The number of hydrogen-bond acceptors (Lipinski definition) is 4. The van der Waals surface area contributed by atoms with Crippen LogP contribution >= 0.6 is 0 Å². The van der Waals surface area contributed by atoms with Crippen molar-refractivity contribution in [2.75, 3.05) is 18.1 Å². The fraction of sp³-hybridized carbons (Fsp3) is 0.429. The number of nitriles is 1. The van der Waals surface area contributed by atoms with Crippen LogP contribution in [-0.2, 0) is 4.79 Å². The molecule has 3 N–H and O–H groups in total. The van der Waals surface area contributed by atoms with E-state index < -0.39 is 0 Å². The van der Waals surface area contributed by atoms with E-state index in [4.69, 9.17) is 11.0 Å². The maximum atomic E-state index is 12.1. The van der Waals surface area contributed by atoms with E-state index in [2.05, 4.69) is 11.4 Å². The van der Waals surface area contributed by atoms with Crippen LogP contribution in [0, 0.1) is 11.3 Å². The van der Waals surface area contributed by atoms with Crippen molar-refractivity contribution in [1.29, 1.82) is 5.26 Å². The van der Waals surface area contributed by atoms with Gasteiger partial charge in [0.25, 0.3) is 0 Å². The first kappa shape index (κ1) is 15.0. The number of nitrogens with two attached hydrogens (primary N) is 1. The summed E-state index contributed by atoms with van der Waals surface area (Å²) in [5, 5.41) is 11.5. The second-order valence-electron chi connectivity index (χ2n) is 4.67. The quantitative estimate of drug-likeness (QED) is 0.791. The Morgan fingerprint density at radius 2 is 2.21 bits per heavy atom. The van der Waals surface area contributed by atoms with Crippen LogP contribution in [0.2, 0.25) is 0 Å². The van der Waals surface area contributed by atoms with Gasteiger partial charge in [0.15, 0.2) is 0 Å². The summed E-state index contributed by atoms with van der Waals surface area (Å²) < 4.78 is 0. The fourth-order valence-corrected chi connectivity index (χ4v) is 1.71. The van der Waals surface area contributed by atoms with Crippen LogP contribution in [0.4, 0.5) is 11.4 Å². The molecule has 0 aromatic heterocycles. The van der Waals surface area contributed by atoms with Crippen molar-refractivity contribution in [2.45, 2.75) is 32.4 Å². The first-order chi connectivity index (χ1) is 8.95. The zero-order chi connectivity index (χ0) is 14.4. The summed E-state index contributed by atoms with van der Waals surface area (Å²) in [5.41, 5.74) is 6.95. The second kappa shape index (κ2) is 6.76. The van der Waals surface area contributed by atoms with Crippen LogP contribution in [0.1, 0.15) is 20.3 Å². The molecule has 0 spiro atoms. The van der Waals surface area contributed by atoms with E-state index in [1.165, 1.54) is 0 Å². The summed E-state index contributed by atoms with van der Waals surface area (Å²) >= 11 is 0. The lowest BCUT2D eigenvalue weighted by atomic mass is 10.1. The molecule has 1 rings (SSSR count). The predicted octanol–water partition coefficient (Wildman–Crippen LogP) is 1.83. The van der Waals surface area contributed by atoms with Crippen LogP contribution in [-0.4, -0.2) is 29.9 Å². The van der Waals surface area contributed by atoms with Gasteiger partial charge in [-0.3, -0.25) is 9.69 Å². The van der Waals surface area contributed by atoms with Crippen molar-refractivity contribution < 1.29 is 4.79 Å². The average Bonchev–Trinajstić information content (AvgIpc) is 2.37. The largest absolute Gasteiger partial charge is 0.399 e. The molecule has 2 atom stereocenters. The van der Waals surface area contributed by atoms with E-state index in [-0.39, 0.29) is 18.0 Å². The third kappa shape index (κ3) is 4.27. The Balaban J connectivity index is 2.65. The van der Waals surface area contributed by atoms with E-state index in [1.807, 2.05) is 25.8 Å². The summed E-state index contributed by atoms with van der Waals surface area (Å²) in [6.45, 7) is 3.74. The van der Waals surface area contributed by atoms with Crippen LogP contribution in [0.25, 0.3) is 0 Å². The highest BCUT2D eigenvalue weighted by molar-refractivity contribution is 5.94. The summed E-state index contributed by atoms with van der Waals surface area (Å²) in [6, 6.07) is 8.88. The zero-order valence-corrected chi connectivity index (χ0v) is 11.6. The number of carbonyl (C=O) groups is 1. The lowest BCUT2D eigenvalue weighted by molar-refractivity contribution is -0.120. The van der Waals surface area contributed by atoms with Gasteiger partial charge in [-0.05, 0) is 39.1 Å². The molecule has 1 amide bonds. The highest BCUT2D eigenvalue weighted by Crippen LogP contribution is 2.13. The molecule has 0 aliphatic heterocycles. The van der Waals surface area contributed by atoms with E-state index in [0.29, 0.717) is 17.8 Å². The van der Waals surface area contributed by atoms with Gasteiger partial charge < -0.3 is 11.1 Å². The monoisotopic (exact) mass is 260 g/mol. The molecule has 19 heavy (non-hydrogen) atoms. The number of nitrogen functional groups attached to an aromatic ring is 1. The van der Waals surface area contributed by atoms with Gasteiger partial charge >= 0.3 is 0 Å². The maximum Gasteiger partial charge on any atom is 0.241 e. The van der Waals surface area contributed by atoms with E-state index in [0.717, 1.165) is 0 Å². The topological polar surface area (TPSA) is 82.2 Å². The molecule has 0 heterocycles. The van der Waals surface area contributed by atoms with Crippen LogP contribution < -0.4 is 11.1 Å². The number of rotatable bonds is 5. The molecule has 1 aromatic rings. The number of nitrogens with zero attached hydrogens (tertiary/aromatic N) is 2. The van der Waals surface area contributed by atoms with Gasteiger partial charge in [0, 0.05) is 17.4 Å². The van der Waals surface area contributed by atoms with Gasteiger partial charge in [0.1, 0.15) is 0 Å². The second-order valence-corrected chi connectivity index (χ2v) is 4.67. The van der Waals surface area contributed by atoms with E-state index in [9.17, 15) is 4.79 Å². The highest BCUT2D eigenvalue weighted by atomic mass is 16.2. The first-order valence-corrected chi connectivity index (χ1v) is 6.21. The van der Waals surface area contributed by atoms with Gasteiger partial charge in [0.05, 0.1) is 18.5 Å². The molecule has 0 bridgehead atoms. The number of carbonyl (C=O) groups excluding carboxylic acids is 1. The minimum absolute atomic E-state index is 0.0339. The number of hydrogen-bond donors (Lipinski definition) is 2. The molecule has 0 aliphatic rings. The molecule has 5 nitrogen and oxygen atoms in total. The van der Waals surface area contributed by atoms with Crippen molar-refractivity contribution in [1.82, 2.24) is 4.90 Å². The molecule has 102 valence electrons. The zero-order valence-electron chi connectivity index (χ0n) is 11.6. The Bertz CT molecular complexity index is 481. The molecule has 0 aliphatic carbocycles. The minimum atomic E-state index is -0.315. The van der Waals surface area contributed by atoms with Crippen LogP contribution in [0.3, 0.4) is 0 Å². The van der Waals surface area contributed by atoms with Crippen molar-refractivity contribution >= 4 is 17.3 Å². The number of benzene rings is 1. The van der Waals surface area contributed by atoms with Gasteiger partial charge in [-0.15, -0.1) is 0 Å². The molecule has 0 saturated heterocycles. The number of anilines is 2. The number of amides is 1. The van der Waals surface area contributed by atoms with Crippen LogP contribution in [0.5, 0.6) is 0 Å². The minimum Gasteiger partial charge on any atom is -0.399 e. The summed E-state index contributed by atoms with van der Waals surface area (Å²) in [4.78, 5) is 14.0. The van der Waals surface area contributed by atoms with Gasteiger partial charge in [-0.2, -0.15) is 5.26 Å². The Kier molecular flexibility index (Phi) is 5.34. The van der Waals surface area contributed by atoms with E-state index in [1.54, 1.807) is 24.3 Å². The lowest BCUT2D eigenvalue weighted by Gasteiger charge is -2.28. The Hall–Kier alpha value is -2.06. The Morgan fingerprint density at radius 1 is 1.53 bits per heavy atom. The lowest BCUT2D eigenvalue weighted by Crippen LogP contribution is -2.44. The summed E-state index contributed by atoms with van der Waals surface area (Å²) in [7, 11) is 1.84. The van der Waals surface area contributed by atoms with Crippen LogP contribution in [0.15, 0.2) is 24.3 Å². The summed E-state index contributed by atoms with van der Waals surface area (Å²) in [6.07, 6.45) is 0.395. The van der Waals surface area contributed by atoms with Crippen molar-refractivity contribution in [2.24, 2.45) is 0 Å². The Labute approximate surface area is 114 Å². The number of nitrogens with one attached hydrogen (secondary N) is 1. The Morgan fingerprint density at radius 3 is 2.79 bits per heavy atom. The van der Waals surface area contributed by atoms with Gasteiger partial charge in [-0.25, -0.2) is 0 Å². The van der Waals surface area contributed by atoms with Crippen molar-refractivity contribution in [3.05, 3.63) is 24.3 Å². The maximum absolute atomic E-state index is 12.1. The smallest absolute Gasteiger partial charge is 0.241 e. The fourth-order valence-electron chi connectivity index (χ4n) is 1.71. The predicted molar refractivity (Wildman–Crippen MR) is 76.4 cm³/mol. The first-order valence-electron chi connectivity index (χ1n) is 6.21. The molecule has 2 unspecified atom stereocenters. The van der Waals surface area contributed by atoms with Crippen molar-refractivity contribution in [3.63, 3.8) is 0 Å². The molecular weight excluding hydrogens is 240 g/mol. The molecule has 1 aromatic carbocycles. The SMILES string of the molecule is CC(CC#N)N(C)C(C)C(=O)Nc1cccc(N)c1. The standard InChI is InChI=1S/C14H20N4O/c1-10(7-8-15)18(3)11(2)14(19)17-13-6-4-5-12(16)9-13/h4-6,9-11H,7,16H2,1-3H3,(H,17,19). The molecule has 5 heteroatoms. The molecular formula is C14H20N4O. The average molecular weight is 260 g/mol. The van der Waals surface area contributed by atoms with E-state index >= 15 is 0 Å². The van der Waals surface area contributed by atoms with Gasteiger partial charge in [-0.1, -0.05) is 6.07 Å². The normalized spacial score (nSPS) is 13.6.